The molecule has 26 heavy (non-hydrogen) atoms. The van der Waals surface area contributed by atoms with Crippen LogP contribution in [0.25, 0.3) is 0 Å². The summed E-state index contributed by atoms with van der Waals surface area (Å²) in [4.78, 5) is 20.5. The maximum atomic E-state index is 10.3. The molecule has 1 fully saturated rings. The summed E-state index contributed by atoms with van der Waals surface area (Å²) in [6.45, 7) is 3.15. The van der Waals surface area contributed by atoms with E-state index in [1.807, 2.05) is 0 Å². The SMILES string of the molecule is CCCCCCCC/C=C\CCCCCCCC(=O)O.O=C1CCCN1. The van der Waals surface area contributed by atoms with Gasteiger partial charge in [0, 0.05) is 19.4 Å². The largest absolute Gasteiger partial charge is 0.481 e. The Morgan fingerprint density at radius 2 is 1.46 bits per heavy atom. The molecule has 4 heteroatoms. The first kappa shape index (κ1) is 24.7. The van der Waals surface area contributed by atoms with Crippen molar-refractivity contribution >= 4 is 11.9 Å². The van der Waals surface area contributed by atoms with Gasteiger partial charge in [-0.05, 0) is 38.5 Å². The van der Waals surface area contributed by atoms with E-state index in [9.17, 15) is 9.59 Å². The lowest BCUT2D eigenvalue weighted by Gasteiger charge is -1.99. The minimum atomic E-state index is -0.664. The molecule has 0 saturated carbocycles. The van der Waals surface area contributed by atoms with Crippen molar-refractivity contribution in [2.24, 2.45) is 0 Å². The second-order valence-electron chi connectivity index (χ2n) is 7.18. The molecular formula is C22H41NO3. The number of hydrogen-bond acceptors (Lipinski definition) is 2. The Hall–Kier alpha value is -1.32. The molecule has 1 rings (SSSR count). The van der Waals surface area contributed by atoms with E-state index in [4.69, 9.17) is 5.11 Å². The zero-order valence-corrected chi connectivity index (χ0v) is 16.9. The highest BCUT2D eigenvalue weighted by molar-refractivity contribution is 5.77. The fourth-order valence-corrected chi connectivity index (χ4v) is 2.91. The molecule has 0 unspecified atom stereocenters. The van der Waals surface area contributed by atoms with E-state index in [0.717, 1.165) is 32.2 Å². The minimum absolute atomic E-state index is 0.204. The van der Waals surface area contributed by atoms with Gasteiger partial charge >= 0.3 is 5.97 Å². The average Bonchev–Trinajstić information content (AvgIpc) is 3.09. The van der Waals surface area contributed by atoms with Gasteiger partial charge in [-0.1, -0.05) is 70.4 Å². The minimum Gasteiger partial charge on any atom is -0.481 e. The van der Waals surface area contributed by atoms with Crippen LogP contribution in [0.3, 0.4) is 0 Å². The molecule has 0 aromatic heterocycles. The number of rotatable bonds is 15. The van der Waals surface area contributed by atoms with Gasteiger partial charge in [-0.3, -0.25) is 9.59 Å². The number of aliphatic carboxylic acids is 1. The predicted molar refractivity (Wildman–Crippen MR) is 109 cm³/mol. The Morgan fingerprint density at radius 3 is 1.88 bits per heavy atom. The van der Waals surface area contributed by atoms with Crippen LogP contribution in [0.1, 0.15) is 110 Å². The summed E-state index contributed by atoms with van der Waals surface area (Å²) in [6.07, 6.45) is 23.0. The molecule has 1 heterocycles. The van der Waals surface area contributed by atoms with Crippen LogP contribution in [-0.4, -0.2) is 23.5 Å². The molecule has 0 bridgehead atoms. The van der Waals surface area contributed by atoms with Gasteiger partial charge in [-0.25, -0.2) is 0 Å². The number of nitrogens with one attached hydrogen (secondary N) is 1. The Labute approximate surface area is 160 Å². The molecular weight excluding hydrogens is 326 g/mol. The summed E-state index contributed by atoms with van der Waals surface area (Å²) in [6, 6.07) is 0. The third kappa shape index (κ3) is 20.7. The van der Waals surface area contributed by atoms with Crippen molar-refractivity contribution < 1.29 is 14.7 Å². The van der Waals surface area contributed by atoms with Crippen LogP contribution in [0.4, 0.5) is 0 Å². The molecule has 0 spiro atoms. The fourth-order valence-electron chi connectivity index (χ4n) is 2.91. The molecule has 0 radical (unpaired) electrons. The van der Waals surface area contributed by atoms with Crippen LogP contribution >= 0.6 is 0 Å². The standard InChI is InChI=1S/C18H34O2.C4H7NO/c1-2-3-4-5-6-7-8-9-10-11-12-13-14-15-16-17-18(19)20;6-4-2-1-3-5-4/h9-10H,2-8,11-17H2,1H3,(H,19,20);1-3H2,(H,5,6)/b10-9-;. The summed E-state index contributed by atoms with van der Waals surface area (Å²) >= 11 is 0. The lowest BCUT2D eigenvalue weighted by Crippen LogP contribution is -2.12. The Bertz CT molecular complexity index is 358. The first-order valence-electron chi connectivity index (χ1n) is 10.8. The molecule has 1 aliphatic rings. The second kappa shape index (κ2) is 20.0. The number of carbonyl (C=O) groups is 2. The molecule has 0 aromatic rings. The Balaban J connectivity index is 0.000000867. The highest BCUT2D eigenvalue weighted by atomic mass is 16.4. The number of amides is 1. The predicted octanol–water partition coefficient (Wildman–Crippen LogP) is 6.00. The van der Waals surface area contributed by atoms with Crippen LogP contribution < -0.4 is 5.32 Å². The maximum absolute atomic E-state index is 10.3. The van der Waals surface area contributed by atoms with Crippen LogP contribution in [0.15, 0.2) is 12.2 Å². The Morgan fingerprint density at radius 1 is 0.923 bits per heavy atom. The van der Waals surface area contributed by atoms with Crippen molar-refractivity contribution in [1.82, 2.24) is 5.32 Å². The smallest absolute Gasteiger partial charge is 0.303 e. The number of unbranched alkanes of at least 4 members (excludes halogenated alkanes) is 11. The molecule has 1 saturated heterocycles. The first-order valence-corrected chi connectivity index (χ1v) is 10.8. The van der Waals surface area contributed by atoms with Crippen LogP contribution in [0.2, 0.25) is 0 Å². The van der Waals surface area contributed by atoms with E-state index in [-0.39, 0.29) is 5.91 Å². The van der Waals surface area contributed by atoms with Gasteiger partial charge in [0.1, 0.15) is 0 Å². The van der Waals surface area contributed by atoms with E-state index in [1.54, 1.807) is 0 Å². The monoisotopic (exact) mass is 367 g/mol. The zero-order chi connectivity index (χ0) is 19.3. The van der Waals surface area contributed by atoms with Gasteiger partial charge in [-0.15, -0.1) is 0 Å². The molecule has 0 aromatic carbocycles. The van der Waals surface area contributed by atoms with E-state index in [2.05, 4.69) is 24.4 Å². The topological polar surface area (TPSA) is 66.4 Å². The Kier molecular flexibility index (Phi) is 19.0. The van der Waals surface area contributed by atoms with Crippen molar-refractivity contribution in [2.45, 2.75) is 110 Å². The van der Waals surface area contributed by atoms with Crippen LogP contribution in [-0.2, 0) is 9.59 Å². The van der Waals surface area contributed by atoms with Gasteiger partial charge in [0.2, 0.25) is 5.91 Å². The first-order chi connectivity index (χ1) is 12.7. The number of hydrogen-bond donors (Lipinski definition) is 2. The molecule has 1 amide bonds. The molecule has 0 atom stereocenters. The van der Waals surface area contributed by atoms with Crippen molar-refractivity contribution in [3.63, 3.8) is 0 Å². The normalized spacial score (nSPS) is 13.5. The fraction of sp³-hybridized carbons (Fsp3) is 0.818. The van der Waals surface area contributed by atoms with Gasteiger partial charge in [-0.2, -0.15) is 0 Å². The number of carbonyl (C=O) groups excluding carboxylic acids is 1. The summed E-state index contributed by atoms with van der Waals surface area (Å²) in [5, 5.41) is 11.2. The maximum Gasteiger partial charge on any atom is 0.303 e. The third-order valence-electron chi connectivity index (χ3n) is 4.56. The summed E-state index contributed by atoms with van der Waals surface area (Å²) in [5.41, 5.74) is 0. The highest BCUT2D eigenvalue weighted by Crippen LogP contribution is 2.09. The molecule has 152 valence electrons. The average molecular weight is 368 g/mol. The summed E-state index contributed by atoms with van der Waals surface area (Å²) < 4.78 is 0. The van der Waals surface area contributed by atoms with E-state index in [1.165, 1.54) is 70.6 Å². The van der Waals surface area contributed by atoms with Gasteiger partial charge < -0.3 is 10.4 Å². The van der Waals surface area contributed by atoms with Crippen LogP contribution in [0, 0.1) is 0 Å². The molecule has 4 nitrogen and oxygen atoms in total. The lowest BCUT2D eigenvalue weighted by atomic mass is 10.1. The third-order valence-corrected chi connectivity index (χ3v) is 4.56. The van der Waals surface area contributed by atoms with Crippen molar-refractivity contribution in [3.05, 3.63) is 12.2 Å². The van der Waals surface area contributed by atoms with Gasteiger partial charge in [0.25, 0.3) is 0 Å². The van der Waals surface area contributed by atoms with Crippen molar-refractivity contribution in [3.8, 4) is 0 Å². The molecule has 2 N–H and O–H groups in total. The quantitative estimate of drug-likeness (QED) is 0.275. The number of carboxylic acids is 1. The van der Waals surface area contributed by atoms with Gasteiger partial charge in [0.05, 0.1) is 0 Å². The zero-order valence-electron chi connectivity index (χ0n) is 16.9. The summed E-state index contributed by atoms with van der Waals surface area (Å²) in [5.74, 6) is -0.461. The van der Waals surface area contributed by atoms with E-state index in [0.29, 0.717) is 6.42 Å². The van der Waals surface area contributed by atoms with Crippen molar-refractivity contribution in [2.75, 3.05) is 6.54 Å². The summed E-state index contributed by atoms with van der Waals surface area (Å²) in [7, 11) is 0. The van der Waals surface area contributed by atoms with E-state index < -0.39 is 5.97 Å². The van der Waals surface area contributed by atoms with Crippen LogP contribution in [0.5, 0.6) is 0 Å². The highest BCUT2D eigenvalue weighted by Gasteiger charge is 2.05. The molecule has 1 aliphatic heterocycles. The van der Waals surface area contributed by atoms with E-state index >= 15 is 0 Å². The number of allylic oxidation sites excluding steroid dienone is 2. The van der Waals surface area contributed by atoms with Crippen molar-refractivity contribution in [1.29, 1.82) is 0 Å². The number of carboxylic acid groups (broad SMARTS) is 1. The molecule has 0 aliphatic carbocycles. The second-order valence-corrected chi connectivity index (χ2v) is 7.18. The van der Waals surface area contributed by atoms with Gasteiger partial charge in [0.15, 0.2) is 0 Å². The lowest BCUT2D eigenvalue weighted by molar-refractivity contribution is -0.137.